The van der Waals surface area contributed by atoms with Gasteiger partial charge in [0.15, 0.2) is 0 Å². The molecule has 19 heavy (non-hydrogen) atoms. The normalized spacial score (nSPS) is 12.2. The van der Waals surface area contributed by atoms with Crippen LogP contribution < -0.4 is 5.32 Å². The first kappa shape index (κ1) is 14.0. The number of hydrogen-bond donors (Lipinski definition) is 2. The Morgan fingerprint density at radius 2 is 2.26 bits per heavy atom. The third kappa shape index (κ3) is 3.33. The summed E-state index contributed by atoms with van der Waals surface area (Å²) in [4.78, 5) is 16.4. The van der Waals surface area contributed by atoms with E-state index >= 15 is 0 Å². The van der Waals surface area contributed by atoms with Gasteiger partial charge in [-0.3, -0.25) is 0 Å². The Balaban J connectivity index is 2.15. The Hall–Kier alpha value is -1.40. The molecule has 1 heterocycles. The molecule has 0 aliphatic rings. The minimum Gasteiger partial charge on any atom is -0.478 e. The highest BCUT2D eigenvalue weighted by molar-refractivity contribution is 9.10. The summed E-state index contributed by atoms with van der Waals surface area (Å²) in [5, 5.41) is 13.3. The number of rotatable bonds is 4. The second kappa shape index (κ2) is 5.71. The molecule has 100 valence electrons. The topological polar surface area (TPSA) is 62.2 Å². The van der Waals surface area contributed by atoms with Gasteiger partial charge in [0, 0.05) is 21.2 Å². The number of halogens is 1. The van der Waals surface area contributed by atoms with Crippen molar-refractivity contribution >= 4 is 38.9 Å². The number of benzene rings is 1. The van der Waals surface area contributed by atoms with Crippen molar-refractivity contribution in [3.8, 4) is 0 Å². The van der Waals surface area contributed by atoms with Gasteiger partial charge < -0.3 is 10.4 Å². The molecule has 1 unspecified atom stereocenters. The lowest BCUT2D eigenvalue weighted by molar-refractivity contribution is 0.0696. The fourth-order valence-corrected chi connectivity index (χ4v) is 2.99. The Morgan fingerprint density at radius 1 is 1.53 bits per heavy atom. The minimum absolute atomic E-state index is 0.0845. The van der Waals surface area contributed by atoms with Crippen molar-refractivity contribution in [1.29, 1.82) is 0 Å². The van der Waals surface area contributed by atoms with Crippen LogP contribution in [0.2, 0.25) is 0 Å². The highest BCUT2D eigenvalue weighted by Gasteiger charge is 2.12. The molecule has 0 aliphatic heterocycles. The fraction of sp³-hybridized carbons (Fsp3) is 0.231. The van der Waals surface area contributed by atoms with Crippen molar-refractivity contribution in [2.24, 2.45) is 0 Å². The maximum Gasteiger partial charge on any atom is 0.336 e. The second-order valence-corrected chi connectivity index (χ2v) is 6.30. The predicted molar refractivity (Wildman–Crippen MR) is 80.0 cm³/mol. The summed E-state index contributed by atoms with van der Waals surface area (Å²) < 4.78 is 0.563. The molecule has 0 aliphatic carbocycles. The summed E-state index contributed by atoms with van der Waals surface area (Å²) in [6, 6.07) is 5.18. The van der Waals surface area contributed by atoms with Crippen molar-refractivity contribution in [2.45, 2.75) is 19.9 Å². The van der Waals surface area contributed by atoms with Crippen molar-refractivity contribution in [3.05, 3.63) is 44.3 Å². The monoisotopic (exact) mass is 340 g/mol. The second-order valence-electron chi connectivity index (χ2n) is 4.17. The maximum absolute atomic E-state index is 10.9. The van der Waals surface area contributed by atoms with Crippen LogP contribution in [-0.4, -0.2) is 16.1 Å². The maximum atomic E-state index is 10.9. The van der Waals surface area contributed by atoms with Gasteiger partial charge in [-0.2, -0.15) is 0 Å². The first-order chi connectivity index (χ1) is 8.97. The van der Waals surface area contributed by atoms with E-state index in [0.29, 0.717) is 4.47 Å². The lowest BCUT2D eigenvalue weighted by atomic mass is 10.2. The Bertz CT molecular complexity index is 612. The molecule has 0 saturated carbocycles. The summed E-state index contributed by atoms with van der Waals surface area (Å²) in [6.45, 7) is 4.05. The van der Waals surface area contributed by atoms with Crippen LogP contribution in [0, 0.1) is 6.92 Å². The number of anilines is 1. The summed E-state index contributed by atoms with van der Waals surface area (Å²) >= 11 is 4.91. The number of carboxylic acid groups (broad SMARTS) is 1. The lowest BCUT2D eigenvalue weighted by Crippen LogP contribution is -2.07. The van der Waals surface area contributed by atoms with Gasteiger partial charge in [0.1, 0.15) is 5.01 Å². The standard InChI is InChI=1S/C13H13BrN2O2S/c1-7-6-15-12(19-7)8(2)16-9-3-4-10(13(17)18)11(14)5-9/h3-6,8,16H,1-2H3,(H,17,18). The molecule has 1 atom stereocenters. The number of aromatic carboxylic acids is 1. The third-order valence-corrected chi connectivity index (χ3v) is 4.34. The molecule has 2 N–H and O–H groups in total. The third-order valence-electron chi connectivity index (χ3n) is 2.59. The van der Waals surface area contributed by atoms with E-state index in [2.05, 4.69) is 26.2 Å². The van der Waals surface area contributed by atoms with E-state index < -0.39 is 5.97 Å². The summed E-state index contributed by atoms with van der Waals surface area (Å²) in [6.07, 6.45) is 1.85. The van der Waals surface area contributed by atoms with Crippen LogP contribution >= 0.6 is 27.3 Å². The van der Waals surface area contributed by atoms with Gasteiger partial charge in [0.25, 0.3) is 0 Å². The van der Waals surface area contributed by atoms with Crippen LogP contribution in [0.5, 0.6) is 0 Å². The van der Waals surface area contributed by atoms with E-state index in [4.69, 9.17) is 5.11 Å². The SMILES string of the molecule is Cc1cnc(C(C)Nc2ccc(C(=O)O)c(Br)c2)s1. The molecule has 2 aromatic rings. The molecule has 0 amide bonds. The van der Waals surface area contributed by atoms with Gasteiger partial charge in [-0.05, 0) is 48.0 Å². The number of carboxylic acids is 1. The predicted octanol–water partition coefficient (Wildman–Crippen LogP) is 4.09. The van der Waals surface area contributed by atoms with E-state index in [-0.39, 0.29) is 11.6 Å². The quantitative estimate of drug-likeness (QED) is 0.879. The van der Waals surface area contributed by atoms with E-state index in [1.165, 1.54) is 4.88 Å². The molecule has 0 bridgehead atoms. The van der Waals surface area contributed by atoms with Crippen LogP contribution in [-0.2, 0) is 0 Å². The molecular formula is C13H13BrN2O2S. The number of carbonyl (C=O) groups is 1. The Labute approximate surface area is 123 Å². The number of thiazole rings is 1. The van der Waals surface area contributed by atoms with Gasteiger partial charge in [0.2, 0.25) is 0 Å². The first-order valence-electron chi connectivity index (χ1n) is 5.69. The Morgan fingerprint density at radius 3 is 2.79 bits per heavy atom. The van der Waals surface area contributed by atoms with Crippen LogP contribution in [0.3, 0.4) is 0 Å². The van der Waals surface area contributed by atoms with Crippen molar-refractivity contribution in [2.75, 3.05) is 5.32 Å². The zero-order chi connectivity index (χ0) is 14.0. The zero-order valence-corrected chi connectivity index (χ0v) is 12.9. The molecule has 1 aromatic carbocycles. The Kier molecular flexibility index (Phi) is 4.21. The first-order valence-corrected chi connectivity index (χ1v) is 7.30. The van der Waals surface area contributed by atoms with Crippen molar-refractivity contribution in [1.82, 2.24) is 4.98 Å². The van der Waals surface area contributed by atoms with Gasteiger partial charge >= 0.3 is 5.97 Å². The summed E-state index contributed by atoms with van der Waals surface area (Å²) in [7, 11) is 0. The van der Waals surface area contributed by atoms with Crippen LogP contribution in [0.25, 0.3) is 0 Å². The molecule has 0 fully saturated rings. The van der Waals surface area contributed by atoms with Crippen LogP contribution in [0.4, 0.5) is 5.69 Å². The van der Waals surface area contributed by atoms with Gasteiger partial charge in [-0.25, -0.2) is 9.78 Å². The van der Waals surface area contributed by atoms with Gasteiger partial charge in [-0.15, -0.1) is 11.3 Å². The highest BCUT2D eigenvalue weighted by atomic mass is 79.9. The van der Waals surface area contributed by atoms with Crippen molar-refractivity contribution in [3.63, 3.8) is 0 Å². The smallest absolute Gasteiger partial charge is 0.336 e. The van der Waals surface area contributed by atoms with E-state index in [1.807, 2.05) is 20.0 Å². The average molecular weight is 341 g/mol. The number of nitrogens with zero attached hydrogens (tertiary/aromatic N) is 1. The summed E-state index contributed by atoms with van der Waals surface area (Å²) in [5.41, 5.74) is 1.11. The minimum atomic E-state index is -0.943. The van der Waals surface area contributed by atoms with E-state index in [9.17, 15) is 4.79 Å². The van der Waals surface area contributed by atoms with E-state index in [0.717, 1.165) is 10.7 Å². The van der Waals surface area contributed by atoms with Crippen LogP contribution in [0.15, 0.2) is 28.9 Å². The largest absolute Gasteiger partial charge is 0.478 e. The molecule has 2 rings (SSSR count). The van der Waals surface area contributed by atoms with Crippen LogP contribution in [0.1, 0.15) is 33.2 Å². The molecule has 6 heteroatoms. The number of aromatic nitrogens is 1. The fourth-order valence-electron chi connectivity index (χ4n) is 1.66. The highest BCUT2D eigenvalue weighted by Crippen LogP contribution is 2.26. The molecule has 0 spiro atoms. The number of aryl methyl sites for hydroxylation is 1. The molecular weight excluding hydrogens is 328 g/mol. The summed E-state index contributed by atoms with van der Waals surface area (Å²) in [5.74, 6) is -0.943. The number of nitrogens with one attached hydrogen (secondary N) is 1. The molecule has 1 aromatic heterocycles. The van der Waals surface area contributed by atoms with Gasteiger partial charge in [0.05, 0.1) is 11.6 Å². The number of hydrogen-bond acceptors (Lipinski definition) is 4. The molecule has 4 nitrogen and oxygen atoms in total. The van der Waals surface area contributed by atoms with E-state index in [1.54, 1.807) is 29.5 Å². The van der Waals surface area contributed by atoms with Crippen molar-refractivity contribution < 1.29 is 9.90 Å². The van der Waals surface area contributed by atoms with Gasteiger partial charge in [-0.1, -0.05) is 0 Å². The molecule has 0 radical (unpaired) electrons. The average Bonchev–Trinajstić information content (AvgIpc) is 2.75. The molecule has 0 saturated heterocycles. The lowest BCUT2D eigenvalue weighted by Gasteiger charge is -2.13. The zero-order valence-electron chi connectivity index (χ0n) is 10.5.